The number of aromatic nitrogens is 4. The van der Waals surface area contributed by atoms with Crippen molar-refractivity contribution >= 4 is 29.1 Å². The lowest BCUT2D eigenvalue weighted by atomic mass is 10.1. The lowest BCUT2D eigenvalue weighted by Gasteiger charge is -2.10. The summed E-state index contributed by atoms with van der Waals surface area (Å²) >= 11 is 1.19. The number of fused-ring (bicyclic) bond motifs is 1. The van der Waals surface area contributed by atoms with Gasteiger partial charge in [-0.05, 0) is 42.5 Å². The Balaban J connectivity index is 1.46. The van der Waals surface area contributed by atoms with Crippen LogP contribution in [0, 0.1) is 6.92 Å². The maximum absolute atomic E-state index is 12.5. The van der Waals surface area contributed by atoms with Crippen LogP contribution in [0.15, 0.2) is 41.6 Å². The van der Waals surface area contributed by atoms with E-state index in [1.165, 1.54) is 18.7 Å². The molecule has 1 aromatic heterocycles. The third-order valence-corrected chi connectivity index (χ3v) is 5.14. The Hall–Kier alpha value is -3.40. The van der Waals surface area contributed by atoms with E-state index in [1.807, 2.05) is 31.2 Å². The van der Waals surface area contributed by atoms with Crippen molar-refractivity contribution in [1.29, 1.82) is 0 Å². The second kappa shape index (κ2) is 7.92. The fourth-order valence-electron chi connectivity index (χ4n) is 2.77. The molecule has 2 aromatic carbocycles. The molecule has 10 heteroatoms. The van der Waals surface area contributed by atoms with Gasteiger partial charge in [0.25, 0.3) is 0 Å². The maximum Gasteiger partial charge on any atom is 0.234 e. The minimum Gasteiger partial charge on any atom is -0.454 e. The van der Waals surface area contributed by atoms with E-state index in [9.17, 15) is 9.59 Å². The zero-order valence-electron chi connectivity index (χ0n) is 15.7. The number of ketones is 1. The van der Waals surface area contributed by atoms with Crippen molar-refractivity contribution in [2.24, 2.45) is 0 Å². The fourth-order valence-corrected chi connectivity index (χ4v) is 3.46. The fraction of sp³-hybridized carbons (Fsp3) is 0.211. The maximum atomic E-state index is 12.5. The van der Waals surface area contributed by atoms with Crippen LogP contribution >= 0.6 is 11.8 Å². The number of nitrogens with one attached hydrogen (secondary N) is 1. The molecule has 0 fully saturated rings. The van der Waals surface area contributed by atoms with E-state index in [0.29, 0.717) is 27.9 Å². The zero-order chi connectivity index (χ0) is 20.4. The lowest BCUT2D eigenvalue weighted by Crippen LogP contribution is -2.16. The smallest absolute Gasteiger partial charge is 0.234 e. The average Bonchev–Trinajstić information content (AvgIpc) is 3.35. The van der Waals surface area contributed by atoms with Gasteiger partial charge in [0.15, 0.2) is 17.3 Å². The molecule has 4 rings (SSSR count). The van der Waals surface area contributed by atoms with E-state index < -0.39 is 0 Å². The predicted molar refractivity (Wildman–Crippen MR) is 106 cm³/mol. The molecule has 1 amide bonds. The molecule has 148 valence electrons. The molecule has 3 aromatic rings. The predicted octanol–water partition coefficient (Wildman–Crippen LogP) is 2.63. The van der Waals surface area contributed by atoms with Crippen LogP contribution in [0.25, 0.3) is 5.69 Å². The quantitative estimate of drug-likeness (QED) is 0.487. The number of carbonyl (C=O) groups is 2. The highest BCUT2D eigenvalue weighted by Crippen LogP contribution is 2.37. The number of Topliss-reactive ketones (excluding diaryl/α,β-unsaturated/α-hetero) is 1. The largest absolute Gasteiger partial charge is 0.454 e. The third-order valence-electron chi connectivity index (χ3n) is 4.22. The summed E-state index contributed by atoms with van der Waals surface area (Å²) in [5.41, 5.74) is 2.67. The molecule has 2 heterocycles. The van der Waals surface area contributed by atoms with Gasteiger partial charge in [-0.3, -0.25) is 9.59 Å². The summed E-state index contributed by atoms with van der Waals surface area (Å²) in [6.07, 6.45) is 0. The monoisotopic (exact) mass is 411 g/mol. The molecular weight excluding hydrogens is 394 g/mol. The van der Waals surface area contributed by atoms with Crippen molar-refractivity contribution in [3.05, 3.63) is 47.5 Å². The Labute approximate surface area is 170 Å². The summed E-state index contributed by atoms with van der Waals surface area (Å²) in [6, 6.07) is 10.9. The van der Waals surface area contributed by atoms with Gasteiger partial charge in [-0.1, -0.05) is 29.5 Å². The second-order valence-electron chi connectivity index (χ2n) is 6.35. The number of hydrogen-bond acceptors (Lipinski definition) is 8. The zero-order valence-corrected chi connectivity index (χ0v) is 16.5. The van der Waals surface area contributed by atoms with E-state index in [-0.39, 0.29) is 24.2 Å². The summed E-state index contributed by atoms with van der Waals surface area (Å²) < 4.78 is 12.2. The number of rotatable bonds is 6. The van der Waals surface area contributed by atoms with Gasteiger partial charge in [0.2, 0.25) is 17.9 Å². The third kappa shape index (κ3) is 4.06. The van der Waals surface area contributed by atoms with Crippen molar-refractivity contribution in [3.63, 3.8) is 0 Å². The number of amides is 1. The molecule has 1 aliphatic heterocycles. The summed E-state index contributed by atoms with van der Waals surface area (Å²) in [4.78, 5) is 24.4. The van der Waals surface area contributed by atoms with Crippen LogP contribution in [-0.4, -0.2) is 44.4 Å². The SMILES string of the molecule is CC(=O)c1cc2c(cc1NC(=O)CSc1nnnn1-c1ccc(C)cc1)OCO2. The first kappa shape index (κ1) is 18.9. The normalized spacial score (nSPS) is 12.1. The molecular formula is C19H17N5O4S. The number of aryl methyl sites for hydroxylation is 1. The molecule has 0 spiro atoms. The molecule has 0 unspecified atom stereocenters. The molecule has 0 bridgehead atoms. The van der Waals surface area contributed by atoms with Gasteiger partial charge in [-0.25, -0.2) is 0 Å². The highest BCUT2D eigenvalue weighted by Gasteiger charge is 2.21. The van der Waals surface area contributed by atoms with Gasteiger partial charge in [-0.2, -0.15) is 4.68 Å². The number of ether oxygens (including phenoxy) is 2. The summed E-state index contributed by atoms with van der Waals surface area (Å²) in [5.74, 6) is 0.559. The van der Waals surface area contributed by atoms with Gasteiger partial charge in [0, 0.05) is 11.6 Å². The van der Waals surface area contributed by atoms with Crippen molar-refractivity contribution in [2.75, 3.05) is 17.9 Å². The molecule has 0 aliphatic carbocycles. The summed E-state index contributed by atoms with van der Waals surface area (Å²) in [6.45, 7) is 3.51. The molecule has 0 atom stereocenters. The Bertz CT molecular complexity index is 1080. The molecule has 0 radical (unpaired) electrons. The highest BCUT2D eigenvalue weighted by atomic mass is 32.2. The van der Waals surface area contributed by atoms with Gasteiger partial charge >= 0.3 is 0 Å². The molecule has 0 saturated carbocycles. The van der Waals surface area contributed by atoms with Gasteiger partial charge < -0.3 is 14.8 Å². The first-order valence-corrected chi connectivity index (χ1v) is 9.72. The highest BCUT2D eigenvalue weighted by molar-refractivity contribution is 7.99. The Kier molecular flexibility index (Phi) is 5.17. The summed E-state index contributed by atoms with van der Waals surface area (Å²) in [5, 5.41) is 14.9. The van der Waals surface area contributed by atoms with E-state index in [4.69, 9.17) is 9.47 Å². The molecule has 1 N–H and O–H groups in total. The van der Waals surface area contributed by atoms with Crippen LogP contribution in [0.4, 0.5) is 5.69 Å². The van der Waals surface area contributed by atoms with E-state index >= 15 is 0 Å². The number of tetrazole rings is 1. The van der Waals surface area contributed by atoms with E-state index in [0.717, 1.165) is 11.3 Å². The van der Waals surface area contributed by atoms with Gasteiger partial charge in [0.1, 0.15) is 0 Å². The van der Waals surface area contributed by atoms with Crippen LogP contribution in [0.1, 0.15) is 22.8 Å². The van der Waals surface area contributed by atoms with Crippen LogP contribution in [-0.2, 0) is 4.79 Å². The summed E-state index contributed by atoms with van der Waals surface area (Å²) in [7, 11) is 0. The number of hydrogen-bond donors (Lipinski definition) is 1. The molecule has 1 aliphatic rings. The van der Waals surface area contributed by atoms with Crippen LogP contribution in [0.5, 0.6) is 11.5 Å². The van der Waals surface area contributed by atoms with Gasteiger partial charge in [-0.15, -0.1) is 5.10 Å². The number of benzene rings is 2. The van der Waals surface area contributed by atoms with Crippen LogP contribution in [0.3, 0.4) is 0 Å². The Morgan fingerprint density at radius 1 is 1.17 bits per heavy atom. The first-order chi connectivity index (χ1) is 14.0. The average molecular weight is 411 g/mol. The van der Waals surface area contributed by atoms with Crippen LogP contribution < -0.4 is 14.8 Å². The second-order valence-corrected chi connectivity index (χ2v) is 7.30. The number of carbonyl (C=O) groups excluding carboxylic acids is 2. The lowest BCUT2D eigenvalue weighted by molar-refractivity contribution is -0.113. The van der Waals surface area contributed by atoms with E-state index in [2.05, 4.69) is 20.8 Å². The minimum absolute atomic E-state index is 0.0675. The van der Waals surface area contributed by atoms with Crippen molar-refractivity contribution in [2.45, 2.75) is 19.0 Å². The van der Waals surface area contributed by atoms with Crippen molar-refractivity contribution in [1.82, 2.24) is 20.2 Å². The molecule has 0 saturated heterocycles. The van der Waals surface area contributed by atoms with Crippen LogP contribution in [0.2, 0.25) is 0 Å². The Morgan fingerprint density at radius 2 is 1.90 bits per heavy atom. The van der Waals surface area contributed by atoms with E-state index in [1.54, 1.807) is 16.8 Å². The number of thioether (sulfide) groups is 1. The molecule has 29 heavy (non-hydrogen) atoms. The molecule has 9 nitrogen and oxygen atoms in total. The number of anilines is 1. The van der Waals surface area contributed by atoms with Crippen molar-refractivity contribution < 1.29 is 19.1 Å². The topological polar surface area (TPSA) is 108 Å². The van der Waals surface area contributed by atoms with Gasteiger partial charge in [0.05, 0.1) is 17.1 Å². The Morgan fingerprint density at radius 3 is 2.62 bits per heavy atom. The number of nitrogens with zero attached hydrogens (tertiary/aromatic N) is 4. The van der Waals surface area contributed by atoms with Crippen molar-refractivity contribution in [3.8, 4) is 17.2 Å². The first-order valence-electron chi connectivity index (χ1n) is 8.74. The minimum atomic E-state index is -0.296. The standard InChI is InChI=1S/C19H17N5O4S/c1-11-3-5-13(6-4-11)24-19(21-22-23-24)29-9-18(26)20-15-8-17-16(27-10-28-17)7-14(15)12(2)25/h3-8H,9-10H2,1-2H3,(H,20,26).